The first-order valence-electron chi connectivity index (χ1n) is 4.04. The third-order valence-corrected chi connectivity index (χ3v) is 3.96. The van der Waals surface area contributed by atoms with Crippen LogP contribution in [-0.4, -0.2) is 26.5 Å². The van der Waals surface area contributed by atoms with Gasteiger partial charge >= 0.3 is 0 Å². The highest BCUT2D eigenvalue weighted by molar-refractivity contribution is 7.91. The molecule has 1 aliphatic heterocycles. The Kier molecular flexibility index (Phi) is 5.13. The molecule has 3 nitrogen and oxygen atoms in total. The maximum Gasteiger partial charge on any atom is 0.150 e. The van der Waals surface area contributed by atoms with Crippen LogP contribution in [0.2, 0.25) is 0 Å². The minimum absolute atomic E-state index is 0. The third kappa shape index (κ3) is 3.74. The summed E-state index contributed by atoms with van der Waals surface area (Å²) < 4.78 is 21.9. The SMILES string of the molecule is Cl.NCCC1CCS(=O)(=O)CC1. The van der Waals surface area contributed by atoms with Gasteiger partial charge in [-0.25, -0.2) is 8.42 Å². The number of hydrogen-bond acceptors (Lipinski definition) is 3. The topological polar surface area (TPSA) is 60.2 Å². The van der Waals surface area contributed by atoms with Crippen molar-refractivity contribution in [2.75, 3.05) is 18.1 Å². The van der Waals surface area contributed by atoms with Gasteiger partial charge in [-0.3, -0.25) is 0 Å². The Bertz CT molecular complexity index is 201. The molecule has 0 bridgehead atoms. The second kappa shape index (κ2) is 5.04. The zero-order chi connectivity index (χ0) is 8.32. The van der Waals surface area contributed by atoms with Crippen molar-refractivity contribution in [3.8, 4) is 0 Å². The van der Waals surface area contributed by atoms with E-state index in [1.807, 2.05) is 0 Å². The van der Waals surface area contributed by atoms with Gasteiger partial charge in [0.25, 0.3) is 0 Å². The molecule has 0 aromatic rings. The van der Waals surface area contributed by atoms with Crippen LogP contribution in [0.15, 0.2) is 0 Å². The monoisotopic (exact) mass is 213 g/mol. The van der Waals surface area contributed by atoms with Gasteiger partial charge in [-0.15, -0.1) is 12.4 Å². The second-order valence-corrected chi connectivity index (χ2v) is 5.48. The molecule has 1 heterocycles. The standard InChI is InChI=1S/C7H15NO2S.ClH/c8-4-1-7-2-5-11(9,10)6-3-7;/h7H,1-6,8H2;1H. The van der Waals surface area contributed by atoms with Gasteiger partial charge in [-0.05, 0) is 31.7 Å². The van der Waals surface area contributed by atoms with Crippen LogP contribution in [0, 0.1) is 5.92 Å². The molecular weight excluding hydrogens is 198 g/mol. The highest BCUT2D eigenvalue weighted by atomic mass is 35.5. The van der Waals surface area contributed by atoms with Crippen molar-refractivity contribution in [2.24, 2.45) is 11.7 Å². The van der Waals surface area contributed by atoms with Gasteiger partial charge < -0.3 is 5.73 Å². The minimum atomic E-state index is -2.67. The fourth-order valence-electron chi connectivity index (χ4n) is 1.46. The lowest BCUT2D eigenvalue weighted by Crippen LogP contribution is -2.24. The van der Waals surface area contributed by atoms with E-state index in [4.69, 9.17) is 5.73 Å². The summed E-state index contributed by atoms with van der Waals surface area (Å²) in [5.41, 5.74) is 5.38. The summed E-state index contributed by atoms with van der Waals surface area (Å²) in [5, 5.41) is 0. The molecule has 0 atom stereocenters. The molecule has 1 fully saturated rings. The van der Waals surface area contributed by atoms with Crippen LogP contribution in [0.4, 0.5) is 0 Å². The maximum absolute atomic E-state index is 11.0. The van der Waals surface area contributed by atoms with Crippen molar-refractivity contribution in [3.05, 3.63) is 0 Å². The number of rotatable bonds is 2. The Morgan fingerprint density at radius 2 is 1.75 bits per heavy atom. The highest BCUT2D eigenvalue weighted by Gasteiger charge is 2.22. The lowest BCUT2D eigenvalue weighted by Gasteiger charge is -2.20. The molecule has 2 N–H and O–H groups in total. The molecule has 0 aromatic carbocycles. The average molecular weight is 214 g/mol. The van der Waals surface area contributed by atoms with Crippen molar-refractivity contribution in [2.45, 2.75) is 19.3 Å². The molecule has 0 amide bonds. The lowest BCUT2D eigenvalue weighted by atomic mass is 9.99. The summed E-state index contributed by atoms with van der Waals surface area (Å²) in [5.74, 6) is 1.30. The van der Waals surface area contributed by atoms with Crippen molar-refractivity contribution in [1.82, 2.24) is 0 Å². The van der Waals surface area contributed by atoms with E-state index in [2.05, 4.69) is 0 Å². The smallest absolute Gasteiger partial charge is 0.150 e. The maximum atomic E-state index is 11.0. The van der Waals surface area contributed by atoms with Crippen LogP contribution in [0.3, 0.4) is 0 Å². The van der Waals surface area contributed by atoms with Crippen molar-refractivity contribution in [3.63, 3.8) is 0 Å². The van der Waals surface area contributed by atoms with Crippen molar-refractivity contribution < 1.29 is 8.42 Å². The second-order valence-electron chi connectivity index (χ2n) is 3.17. The van der Waals surface area contributed by atoms with E-state index in [1.165, 1.54) is 0 Å². The van der Waals surface area contributed by atoms with Gasteiger partial charge in [0.15, 0.2) is 0 Å². The van der Waals surface area contributed by atoms with Crippen LogP contribution in [0.1, 0.15) is 19.3 Å². The van der Waals surface area contributed by atoms with Gasteiger partial charge in [0.2, 0.25) is 0 Å². The van der Waals surface area contributed by atoms with E-state index in [1.54, 1.807) is 0 Å². The van der Waals surface area contributed by atoms with Gasteiger partial charge in [0, 0.05) is 0 Å². The molecule has 0 spiro atoms. The van der Waals surface area contributed by atoms with Gasteiger partial charge in [0.1, 0.15) is 9.84 Å². The largest absolute Gasteiger partial charge is 0.330 e. The summed E-state index contributed by atoms with van der Waals surface area (Å²) >= 11 is 0. The quantitative estimate of drug-likeness (QED) is 0.730. The minimum Gasteiger partial charge on any atom is -0.330 e. The molecule has 5 heteroatoms. The average Bonchev–Trinajstić information content (AvgIpc) is 1.94. The Labute approximate surface area is 80.0 Å². The first kappa shape index (κ1) is 12.2. The van der Waals surface area contributed by atoms with E-state index in [9.17, 15) is 8.42 Å². The Balaban J connectivity index is 0.00000121. The Hall–Kier alpha value is 0.200. The molecule has 0 aromatic heterocycles. The predicted molar refractivity (Wildman–Crippen MR) is 52.3 cm³/mol. The zero-order valence-corrected chi connectivity index (χ0v) is 8.66. The summed E-state index contributed by atoms with van der Waals surface area (Å²) in [7, 11) is -2.67. The molecule has 0 unspecified atom stereocenters. The number of nitrogens with two attached hydrogens (primary N) is 1. The number of hydrogen-bond donors (Lipinski definition) is 1. The predicted octanol–water partition coefficient (Wildman–Crippen LogP) is 0.582. The van der Waals surface area contributed by atoms with Crippen LogP contribution in [0.5, 0.6) is 0 Å². The molecule has 0 saturated carbocycles. The van der Waals surface area contributed by atoms with Crippen molar-refractivity contribution >= 4 is 22.2 Å². The Morgan fingerprint density at radius 3 is 2.17 bits per heavy atom. The zero-order valence-electron chi connectivity index (χ0n) is 7.03. The van der Waals surface area contributed by atoms with Crippen LogP contribution < -0.4 is 5.73 Å². The molecule has 1 aliphatic rings. The van der Waals surface area contributed by atoms with Gasteiger partial charge in [-0.1, -0.05) is 0 Å². The summed E-state index contributed by atoms with van der Waals surface area (Å²) in [6.07, 6.45) is 2.62. The third-order valence-electron chi connectivity index (χ3n) is 2.25. The highest BCUT2D eigenvalue weighted by Crippen LogP contribution is 2.20. The van der Waals surface area contributed by atoms with Gasteiger partial charge in [0.05, 0.1) is 11.5 Å². The number of halogens is 1. The van der Waals surface area contributed by atoms with E-state index in [-0.39, 0.29) is 12.4 Å². The molecule has 1 saturated heterocycles. The van der Waals surface area contributed by atoms with E-state index < -0.39 is 9.84 Å². The molecule has 1 rings (SSSR count). The fraction of sp³-hybridized carbons (Fsp3) is 1.00. The fourth-order valence-corrected chi connectivity index (χ4v) is 3.05. The first-order valence-corrected chi connectivity index (χ1v) is 5.87. The molecule has 0 aliphatic carbocycles. The summed E-state index contributed by atoms with van der Waals surface area (Å²) in [4.78, 5) is 0. The molecule has 12 heavy (non-hydrogen) atoms. The lowest BCUT2D eigenvalue weighted by molar-refractivity contribution is 0.441. The van der Waals surface area contributed by atoms with Crippen LogP contribution >= 0.6 is 12.4 Å². The van der Waals surface area contributed by atoms with Crippen LogP contribution in [0.25, 0.3) is 0 Å². The molecule has 74 valence electrons. The molecular formula is C7H16ClNO2S. The van der Waals surface area contributed by atoms with Crippen molar-refractivity contribution in [1.29, 1.82) is 0 Å². The summed E-state index contributed by atoms with van der Waals surface area (Å²) in [6.45, 7) is 0.685. The van der Waals surface area contributed by atoms with E-state index >= 15 is 0 Å². The van der Waals surface area contributed by atoms with E-state index in [0.29, 0.717) is 24.0 Å². The van der Waals surface area contributed by atoms with E-state index in [0.717, 1.165) is 19.3 Å². The number of sulfone groups is 1. The Morgan fingerprint density at radius 1 is 1.25 bits per heavy atom. The van der Waals surface area contributed by atoms with Gasteiger partial charge in [-0.2, -0.15) is 0 Å². The summed E-state index contributed by atoms with van der Waals surface area (Å²) in [6, 6.07) is 0. The normalized spacial score (nSPS) is 23.1. The molecule has 0 radical (unpaired) electrons. The van der Waals surface area contributed by atoms with Crippen LogP contribution in [-0.2, 0) is 9.84 Å². The first-order chi connectivity index (χ1) is 5.14.